The predicted molar refractivity (Wildman–Crippen MR) is 73.3 cm³/mol. The molecular formula is C15H21NO3. The van der Waals surface area contributed by atoms with Gasteiger partial charge in [0.25, 0.3) is 0 Å². The van der Waals surface area contributed by atoms with Crippen molar-refractivity contribution in [1.29, 1.82) is 0 Å². The normalized spacial score (nSPS) is 21.9. The van der Waals surface area contributed by atoms with Gasteiger partial charge in [0, 0.05) is 6.54 Å². The molecule has 1 aliphatic heterocycles. The highest BCUT2D eigenvalue weighted by atomic mass is 16.5. The standard InChI is InChI=1S/C15H21NO3/c1-11-4-3-9-16(10-11)14(15(17)18)12-5-7-13(19-2)8-6-12/h5-8,11,14H,3-4,9-10H2,1-2H3,(H,17,18). The molecule has 1 aromatic rings. The Balaban J connectivity index is 2.21. The van der Waals surface area contributed by atoms with Crippen LogP contribution in [-0.2, 0) is 4.79 Å². The maximum absolute atomic E-state index is 11.6. The fourth-order valence-corrected chi connectivity index (χ4v) is 2.76. The van der Waals surface area contributed by atoms with Crippen LogP contribution in [0.4, 0.5) is 0 Å². The monoisotopic (exact) mass is 263 g/mol. The third-order valence-corrected chi connectivity index (χ3v) is 3.72. The SMILES string of the molecule is COc1ccc(C(C(=O)O)N2CCCC(C)C2)cc1. The number of benzene rings is 1. The Morgan fingerprint density at radius 3 is 2.63 bits per heavy atom. The van der Waals surface area contributed by atoms with Crippen LogP contribution in [0.2, 0.25) is 0 Å². The molecule has 1 heterocycles. The molecule has 1 aromatic carbocycles. The summed E-state index contributed by atoms with van der Waals surface area (Å²) in [6.45, 7) is 3.88. The first kappa shape index (κ1) is 13.9. The fraction of sp³-hybridized carbons (Fsp3) is 0.533. The van der Waals surface area contributed by atoms with E-state index in [1.807, 2.05) is 24.3 Å². The van der Waals surface area contributed by atoms with Crippen LogP contribution >= 0.6 is 0 Å². The fourth-order valence-electron chi connectivity index (χ4n) is 2.76. The maximum atomic E-state index is 11.6. The number of aliphatic carboxylic acids is 1. The number of carboxylic acids is 1. The minimum Gasteiger partial charge on any atom is -0.497 e. The Bertz CT molecular complexity index is 430. The second kappa shape index (κ2) is 6.06. The van der Waals surface area contributed by atoms with E-state index in [1.54, 1.807) is 7.11 Å². The second-order valence-electron chi connectivity index (χ2n) is 5.26. The van der Waals surface area contributed by atoms with Crippen LogP contribution in [0.5, 0.6) is 5.75 Å². The number of carboxylic acid groups (broad SMARTS) is 1. The van der Waals surface area contributed by atoms with Crippen molar-refractivity contribution in [2.24, 2.45) is 5.92 Å². The summed E-state index contributed by atoms with van der Waals surface area (Å²) in [5, 5.41) is 9.52. The molecule has 4 nitrogen and oxygen atoms in total. The summed E-state index contributed by atoms with van der Waals surface area (Å²) in [7, 11) is 1.61. The lowest BCUT2D eigenvalue weighted by molar-refractivity contribution is -0.144. The summed E-state index contributed by atoms with van der Waals surface area (Å²) >= 11 is 0. The van der Waals surface area contributed by atoms with Crippen molar-refractivity contribution in [1.82, 2.24) is 4.90 Å². The van der Waals surface area contributed by atoms with Crippen molar-refractivity contribution in [3.63, 3.8) is 0 Å². The number of methoxy groups -OCH3 is 1. The number of nitrogens with zero attached hydrogens (tertiary/aromatic N) is 1. The van der Waals surface area contributed by atoms with E-state index in [4.69, 9.17) is 4.74 Å². The molecule has 1 fully saturated rings. The zero-order chi connectivity index (χ0) is 13.8. The molecule has 0 aliphatic carbocycles. The smallest absolute Gasteiger partial charge is 0.325 e. The third-order valence-electron chi connectivity index (χ3n) is 3.72. The number of likely N-dealkylation sites (tertiary alicyclic amines) is 1. The molecule has 104 valence electrons. The number of carbonyl (C=O) groups is 1. The van der Waals surface area contributed by atoms with Gasteiger partial charge in [0.1, 0.15) is 11.8 Å². The van der Waals surface area contributed by atoms with Crippen LogP contribution in [0.15, 0.2) is 24.3 Å². The summed E-state index contributed by atoms with van der Waals surface area (Å²) in [6.07, 6.45) is 2.26. The van der Waals surface area contributed by atoms with Gasteiger partial charge in [-0.15, -0.1) is 0 Å². The number of ether oxygens (including phenoxy) is 1. The third kappa shape index (κ3) is 3.26. The number of piperidine rings is 1. The summed E-state index contributed by atoms with van der Waals surface area (Å²) < 4.78 is 5.11. The Kier molecular flexibility index (Phi) is 4.43. The van der Waals surface area contributed by atoms with Crippen LogP contribution in [0.25, 0.3) is 0 Å². The van der Waals surface area contributed by atoms with Gasteiger partial charge in [-0.25, -0.2) is 0 Å². The quantitative estimate of drug-likeness (QED) is 0.907. The molecule has 1 aliphatic rings. The van der Waals surface area contributed by atoms with Crippen LogP contribution in [0, 0.1) is 5.92 Å². The number of hydrogen-bond donors (Lipinski definition) is 1. The number of rotatable bonds is 4. The largest absolute Gasteiger partial charge is 0.497 e. The molecule has 1 N–H and O–H groups in total. The van der Waals surface area contributed by atoms with Crippen molar-refractivity contribution < 1.29 is 14.6 Å². The van der Waals surface area contributed by atoms with Crippen LogP contribution in [0.3, 0.4) is 0 Å². The average molecular weight is 263 g/mol. The minimum absolute atomic E-state index is 0.548. The molecule has 2 rings (SSSR count). The number of hydrogen-bond acceptors (Lipinski definition) is 3. The Labute approximate surface area is 114 Å². The first-order chi connectivity index (χ1) is 9.11. The molecule has 19 heavy (non-hydrogen) atoms. The van der Waals surface area contributed by atoms with Gasteiger partial charge < -0.3 is 9.84 Å². The molecule has 4 heteroatoms. The molecular weight excluding hydrogens is 242 g/mol. The van der Waals surface area contributed by atoms with E-state index < -0.39 is 12.0 Å². The van der Waals surface area contributed by atoms with Gasteiger partial charge in [-0.2, -0.15) is 0 Å². The van der Waals surface area contributed by atoms with Gasteiger partial charge >= 0.3 is 5.97 Å². The maximum Gasteiger partial charge on any atom is 0.325 e. The van der Waals surface area contributed by atoms with Crippen molar-refractivity contribution >= 4 is 5.97 Å². The molecule has 2 atom stereocenters. The van der Waals surface area contributed by atoms with Crippen LogP contribution < -0.4 is 4.74 Å². The molecule has 2 unspecified atom stereocenters. The lowest BCUT2D eigenvalue weighted by Gasteiger charge is -2.35. The average Bonchev–Trinajstić information content (AvgIpc) is 2.39. The van der Waals surface area contributed by atoms with E-state index in [2.05, 4.69) is 11.8 Å². The summed E-state index contributed by atoms with van der Waals surface area (Å²) in [4.78, 5) is 13.7. The lowest BCUT2D eigenvalue weighted by Crippen LogP contribution is -2.40. The van der Waals surface area contributed by atoms with Crippen LogP contribution in [0.1, 0.15) is 31.4 Å². The lowest BCUT2D eigenvalue weighted by atomic mass is 9.96. The summed E-state index contributed by atoms with van der Waals surface area (Å²) in [5.41, 5.74) is 0.822. The Morgan fingerprint density at radius 2 is 2.11 bits per heavy atom. The zero-order valence-corrected chi connectivity index (χ0v) is 11.5. The first-order valence-electron chi connectivity index (χ1n) is 6.72. The van der Waals surface area contributed by atoms with E-state index >= 15 is 0 Å². The van der Waals surface area contributed by atoms with Gasteiger partial charge in [0.2, 0.25) is 0 Å². The van der Waals surface area contributed by atoms with Crippen molar-refractivity contribution in [2.75, 3.05) is 20.2 Å². The molecule has 0 aromatic heterocycles. The summed E-state index contributed by atoms with van der Waals surface area (Å²) in [6, 6.07) is 6.78. The van der Waals surface area contributed by atoms with Crippen molar-refractivity contribution in [3.05, 3.63) is 29.8 Å². The first-order valence-corrected chi connectivity index (χ1v) is 6.72. The predicted octanol–water partition coefficient (Wildman–Crippen LogP) is 2.55. The Hall–Kier alpha value is -1.55. The summed E-state index contributed by atoms with van der Waals surface area (Å²) in [5.74, 6) is 0.535. The van der Waals surface area contributed by atoms with Gasteiger partial charge in [-0.05, 0) is 43.0 Å². The molecule has 0 spiro atoms. The zero-order valence-electron chi connectivity index (χ0n) is 11.5. The highest BCUT2D eigenvalue weighted by molar-refractivity contribution is 5.75. The highest BCUT2D eigenvalue weighted by Crippen LogP contribution is 2.28. The molecule has 0 radical (unpaired) electrons. The highest BCUT2D eigenvalue weighted by Gasteiger charge is 2.30. The molecule has 0 bridgehead atoms. The van der Waals surface area contributed by atoms with E-state index in [1.165, 1.54) is 6.42 Å². The second-order valence-corrected chi connectivity index (χ2v) is 5.26. The van der Waals surface area contributed by atoms with Gasteiger partial charge in [-0.1, -0.05) is 19.1 Å². The van der Waals surface area contributed by atoms with Crippen LogP contribution in [-0.4, -0.2) is 36.2 Å². The van der Waals surface area contributed by atoms with Gasteiger partial charge in [0.05, 0.1) is 7.11 Å². The van der Waals surface area contributed by atoms with Crippen molar-refractivity contribution in [3.8, 4) is 5.75 Å². The minimum atomic E-state index is -0.778. The van der Waals surface area contributed by atoms with Gasteiger partial charge in [0.15, 0.2) is 0 Å². The topological polar surface area (TPSA) is 49.8 Å². The van der Waals surface area contributed by atoms with E-state index in [0.29, 0.717) is 5.92 Å². The van der Waals surface area contributed by atoms with E-state index in [-0.39, 0.29) is 0 Å². The van der Waals surface area contributed by atoms with E-state index in [0.717, 1.165) is 30.8 Å². The molecule has 0 saturated carbocycles. The Morgan fingerprint density at radius 1 is 1.42 bits per heavy atom. The van der Waals surface area contributed by atoms with Gasteiger partial charge in [-0.3, -0.25) is 9.69 Å². The molecule has 1 saturated heterocycles. The van der Waals surface area contributed by atoms with E-state index in [9.17, 15) is 9.90 Å². The van der Waals surface area contributed by atoms with Crippen molar-refractivity contribution in [2.45, 2.75) is 25.8 Å². The molecule has 0 amide bonds.